The molecule has 0 amide bonds. The van der Waals surface area contributed by atoms with Gasteiger partial charge in [-0.05, 0) is 12.0 Å². The monoisotopic (exact) mass is 212 g/mol. The van der Waals surface area contributed by atoms with Crippen LogP contribution in [0.1, 0.15) is 5.56 Å². The van der Waals surface area contributed by atoms with Gasteiger partial charge in [-0.15, -0.1) is 0 Å². The molecule has 1 aromatic carbocycles. The molecule has 2 rings (SSSR count). The predicted octanol–water partition coefficient (Wildman–Crippen LogP) is 0.0353. The second kappa shape index (κ2) is 3.68. The van der Waals surface area contributed by atoms with E-state index >= 15 is 0 Å². The lowest BCUT2D eigenvalue weighted by Gasteiger charge is -2.06. The maximum absolute atomic E-state index is 11.0. The Labute approximate surface area is 83.5 Å². The van der Waals surface area contributed by atoms with Crippen LogP contribution in [0, 0.1) is 0 Å². The van der Waals surface area contributed by atoms with Gasteiger partial charge in [0.25, 0.3) is 10.2 Å². The Hall–Kier alpha value is -0.910. The van der Waals surface area contributed by atoms with E-state index in [0.29, 0.717) is 6.54 Å². The number of hydrogen-bond donors (Lipinski definition) is 2. The van der Waals surface area contributed by atoms with Gasteiger partial charge in [-0.3, -0.25) is 0 Å². The summed E-state index contributed by atoms with van der Waals surface area (Å²) in [5.41, 5.74) is 1.14. The standard InChI is InChI=1S/C9H12N2O2S/c12-14(13)10-7-9(11-14)6-8-4-2-1-3-5-8/h1-5,9-11H,6-7H2/t9-/m1/s1. The number of benzene rings is 1. The van der Waals surface area contributed by atoms with E-state index in [1.807, 2.05) is 30.3 Å². The Morgan fingerprint density at radius 2 is 2.00 bits per heavy atom. The summed E-state index contributed by atoms with van der Waals surface area (Å²) in [4.78, 5) is 0. The highest BCUT2D eigenvalue weighted by Gasteiger charge is 2.25. The summed E-state index contributed by atoms with van der Waals surface area (Å²) in [7, 11) is -3.22. The first-order valence-electron chi connectivity index (χ1n) is 4.46. The molecule has 1 atom stereocenters. The van der Waals surface area contributed by atoms with Crippen LogP contribution in [0.3, 0.4) is 0 Å². The molecule has 1 aromatic rings. The molecule has 1 aliphatic heterocycles. The van der Waals surface area contributed by atoms with Crippen LogP contribution in [0.5, 0.6) is 0 Å². The van der Waals surface area contributed by atoms with Crippen molar-refractivity contribution in [1.29, 1.82) is 0 Å². The molecule has 76 valence electrons. The van der Waals surface area contributed by atoms with E-state index in [4.69, 9.17) is 0 Å². The first kappa shape index (κ1) is 9.64. The highest BCUT2D eigenvalue weighted by molar-refractivity contribution is 7.87. The minimum Gasteiger partial charge on any atom is -0.201 e. The predicted molar refractivity (Wildman–Crippen MR) is 54.0 cm³/mol. The van der Waals surface area contributed by atoms with E-state index < -0.39 is 10.2 Å². The molecule has 1 heterocycles. The third-order valence-corrected chi connectivity index (χ3v) is 3.36. The lowest BCUT2D eigenvalue weighted by molar-refractivity contribution is 0.581. The summed E-state index contributed by atoms with van der Waals surface area (Å²) in [6.45, 7) is 0.469. The molecule has 0 bridgehead atoms. The average Bonchev–Trinajstić information content (AvgIpc) is 2.47. The molecule has 5 heteroatoms. The minimum absolute atomic E-state index is 0.0256. The van der Waals surface area contributed by atoms with E-state index in [-0.39, 0.29) is 6.04 Å². The molecule has 1 fully saturated rings. The van der Waals surface area contributed by atoms with Crippen LogP contribution in [-0.2, 0) is 16.6 Å². The molecule has 1 saturated heterocycles. The van der Waals surface area contributed by atoms with Crippen LogP contribution in [0.15, 0.2) is 30.3 Å². The molecule has 0 unspecified atom stereocenters. The van der Waals surface area contributed by atoms with Crippen LogP contribution in [-0.4, -0.2) is 21.0 Å². The van der Waals surface area contributed by atoms with Crippen LogP contribution < -0.4 is 9.44 Å². The molecule has 0 spiro atoms. The summed E-state index contributed by atoms with van der Waals surface area (Å²) >= 11 is 0. The largest absolute Gasteiger partial charge is 0.277 e. The molecular formula is C9H12N2O2S. The van der Waals surface area contributed by atoms with Gasteiger partial charge in [-0.25, -0.2) is 4.72 Å². The number of nitrogens with one attached hydrogen (secondary N) is 2. The zero-order chi connectivity index (χ0) is 10.0. The summed E-state index contributed by atoms with van der Waals surface area (Å²) in [6, 6.07) is 9.81. The average molecular weight is 212 g/mol. The van der Waals surface area contributed by atoms with Crippen LogP contribution >= 0.6 is 0 Å². The van der Waals surface area contributed by atoms with Crippen molar-refractivity contribution in [2.24, 2.45) is 0 Å². The van der Waals surface area contributed by atoms with E-state index in [2.05, 4.69) is 9.44 Å². The fourth-order valence-corrected chi connectivity index (χ4v) is 2.63. The van der Waals surface area contributed by atoms with E-state index in [9.17, 15) is 8.42 Å². The first-order chi connectivity index (χ1) is 6.66. The van der Waals surface area contributed by atoms with E-state index in [1.54, 1.807) is 0 Å². The van der Waals surface area contributed by atoms with Crippen LogP contribution in [0.2, 0.25) is 0 Å². The lowest BCUT2D eigenvalue weighted by Crippen LogP contribution is -2.29. The molecule has 0 aliphatic carbocycles. The summed E-state index contributed by atoms with van der Waals surface area (Å²) < 4.78 is 27.0. The molecule has 1 aliphatic rings. The van der Waals surface area contributed by atoms with Gasteiger partial charge in [-0.1, -0.05) is 30.3 Å². The molecule has 0 aromatic heterocycles. The zero-order valence-electron chi connectivity index (χ0n) is 7.60. The van der Waals surface area contributed by atoms with Gasteiger partial charge in [0.05, 0.1) is 0 Å². The number of hydrogen-bond acceptors (Lipinski definition) is 2. The molecular weight excluding hydrogens is 200 g/mol. The smallest absolute Gasteiger partial charge is 0.201 e. The first-order valence-corrected chi connectivity index (χ1v) is 5.95. The summed E-state index contributed by atoms with van der Waals surface area (Å²) in [5, 5.41) is 0. The van der Waals surface area contributed by atoms with Crippen molar-refractivity contribution in [3.8, 4) is 0 Å². The Morgan fingerprint density at radius 3 is 2.57 bits per heavy atom. The third-order valence-electron chi connectivity index (χ3n) is 2.17. The van der Waals surface area contributed by atoms with Gasteiger partial charge < -0.3 is 0 Å². The molecule has 0 radical (unpaired) electrons. The Bertz CT molecular complexity index is 402. The van der Waals surface area contributed by atoms with Gasteiger partial charge in [0.15, 0.2) is 0 Å². The van der Waals surface area contributed by atoms with Gasteiger partial charge in [-0.2, -0.15) is 13.1 Å². The van der Waals surface area contributed by atoms with E-state index in [1.165, 1.54) is 0 Å². The fraction of sp³-hybridized carbons (Fsp3) is 0.333. The van der Waals surface area contributed by atoms with Crippen molar-refractivity contribution in [1.82, 2.24) is 9.44 Å². The van der Waals surface area contributed by atoms with Gasteiger partial charge in [0, 0.05) is 12.6 Å². The van der Waals surface area contributed by atoms with Crippen molar-refractivity contribution >= 4 is 10.2 Å². The zero-order valence-corrected chi connectivity index (χ0v) is 8.42. The highest BCUT2D eigenvalue weighted by Crippen LogP contribution is 2.06. The number of rotatable bonds is 2. The van der Waals surface area contributed by atoms with Crippen molar-refractivity contribution in [2.75, 3.05) is 6.54 Å². The Balaban J connectivity index is 2.01. The molecule has 14 heavy (non-hydrogen) atoms. The van der Waals surface area contributed by atoms with Gasteiger partial charge >= 0.3 is 0 Å². The van der Waals surface area contributed by atoms with Crippen LogP contribution in [0.4, 0.5) is 0 Å². The topological polar surface area (TPSA) is 58.2 Å². The maximum atomic E-state index is 11.0. The fourth-order valence-electron chi connectivity index (χ4n) is 1.53. The molecule has 2 N–H and O–H groups in total. The molecule has 4 nitrogen and oxygen atoms in total. The SMILES string of the molecule is O=S1(=O)NC[C@@H](Cc2ccccc2)N1. The van der Waals surface area contributed by atoms with Crippen LogP contribution in [0.25, 0.3) is 0 Å². The second-order valence-electron chi connectivity index (χ2n) is 3.36. The quantitative estimate of drug-likeness (QED) is 0.727. The molecule has 0 saturated carbocycles. The van der Waals surface area contributed by atoms with E-state index in [0.717, 1.165) is 12.0 Å². The van der Waals surface area contributed by atoms with Crippen molar-refractivity contribution in [3.63, 3.8) is 0 Å². The highest BCUT2D eigenvalue weighted by atomic mass is 32.2. The second-order valence-corrected chi connectivity index (χ2v) is 4.89. The summed E-state index contributed by atoms with van der Waals surface area (Å²) in [5.74, 6) is 0. The maximum Gasteiger partial charge on any atom is 0.277 e. The van der Waals surface area contributed by atoms with Crippen molar-refractivity contribution in [2.45, 2.75) is 12.5 Å². The van der Waals surface area contributed by atoms with Gasteiger partial charge in [0.2, 0.25) is 0 Å². The minimum atomic E-state index is -3.22. The van der Waals surface area contributed by atoms with Crippen molar-refractivity contribution in [3.05, 3.63) is 35.9 Å². The summed E-state index contributed by atoms with van der Waals surface area (Å²) in [6.07, 6.45) is 0.729. The van der Waals surface area contributed by atoms with Gasteiger partial charge in [0.1, 0.15) is 0 Å². The normalized spacial score (nSPS) is 25.0. The third kappa shape index (κ3) is 2.31. The Kier molecular flexibility index (Phi) is 2.54. The lowest BCUT2D eigenvalue weighted by atomic mass is 10.1. The van der Waals surface area contributed by atoms with Crippen molar-refractivity contribution < 1.29 is 8.42 Å². The Morgan fingerprint density at radius 1 is 1.29 bits per heavy atom.